The van der Waals surface area contributed by atoms with Crippen molar-refractivity contribution in [1.82, 2.24) is 9.80 Å². The van der Waals surface area contributed by atoms with Crippen LogP contribution in [0.15, 0.2) is 42.5 Å². The number of nitrogens with zero attached hydrogens (tertiary/aromatic N) is 2. The van der Waals surface area contributed by atoms with E-state index in [9.17, 15) is 9.59 Å². The number of rotatable bonds is 6. The number of carbonyl (C=O) groups excluding carboxylic acids is 2. The number of likely N-dealkylation sites (tertiary alicyclic amines) is 2. The molecule has 1 aromatic rings. The molecule has 8 rings (SSSR count). The van der Waals surface area contributed by atoms with Gasteiger partial charge < -0.3 is 9.64 Å². The lowest BCUT2D eigenvalue weighted by molar-refractivity contribution is -0.140. The summed E-state index contributed by atoms with van der Waals surface area (Å²) in [7, 11) is 1.78. The zero-order chi connectivity index (χ0) is 23.0. The molecule has 2 heterocycles. The second-order valence-corrected chi connectivity index (χ2v) is 11.4. The van der Waals surface area contributed by atoms with Crippen LogP contribution in [0.1, 0.15) is 36.3 Å². The van der Waals surface area contributed by atoms with Gasteiger partial charge in [0, 0.05) is 31.1 Å². The molecule has 35 heavy (non-hydrogen) atoms. The summed E-state index contributed by atoms with van der Waals surface area (Å²) in [4.78, 5) is 30.7. The van der Waals surface area contributed by atoms with Crippen molar-refractivity contribution < 1.29 is 14.3 Å². The zero-order valence-electron chi connectivity index (χ0n) is 20.3. The maximum absolute atomic E-state index is 13.2. The van der Waals surface area contributed by atoms with E-state index in [1.165, 1.54) is 17.5 Å². The lowest BCUT2D eigenvalue weighted by atomic mass is 9.50. The van der Waals surface area contributed by atoms with Crippen LogP contribution in [0.4, 0.5) is 0 Å². The molecule has 5 aliphatic carbocycles. The maximum Gasteiger partial charge on any atom is 0.233 e. The van der Waals surface area contributed by atoms with Gasteiger partial charge in [0.15, 0.2) is 0 Å². The summed E-state index contributed by atoms with van der Waals surface area (Å²) in [5.74, 6) is 3.75. The molecule has 186 valence electrons. The lowest BCUT2D eigenvalue weighted by Crippen LogP contribution is -2.50. The van der Waals surface area contributed by atoms with Crippen molar-refractivity contribution in [1.29, 1.82) is 0 Å². The summed E-state index contributed by atoms with van der Waals surface area (Å²) in [5, 5.41) is 0. The molecule has 2 bridgehead atoms. The minimum atomic E-state index is -0.106. The monoisotopic (exact) mass is 494 g/mol. The second-order valence-electron chi connectivity index (χ2n) is 11.4. The van der Waals surface area contributed by atoms with E-state index in [1.54, 1.807) is 12.0 Å². The van der Waals surface area contributed by atoms with Gasteiger partial charge in [0.2, 0.25) is 11.8 Å². The van der Waals surface area contributed by atoms with Gasteiger partial charge in [-0.3, -0.25) is 14.5 Å². The molecule has 0 radical (unpaired) electrons. The molecule has 2 saturated heterocycles. The van der Waals surface area contributed by atoms with Crippen LogP contribution >= 0.6 is 12.4 Å². The highest BCUT2D eigenvalue weighted by Crippen LogP contribution is 2.58. The first-order valence-electron chi connectivity index (χ1n) is 13.3. The number of methoxy groups -OCH3 is 1. The average Bonchev–Trinajstić information content (AvgIpc) is 3.36. The molecule has 8 atom stereocenters. The van der Waals surface area contributed by atoms with Crippen molar-refractivity contribution in [3.05, 3.63) is 53.6 Å². The van der Waals surface area contributed by atoms with Crippen LogP contribution in [0.25, 0.3) is 0 Å². The number of imide groups is 1. The third-order valence-electron chi connectivity index (χ3n) is 9.92. The average molecular weight is 495 g/mol. The molecule has 0 N–H and O–H groups in total. The number of hydrogen-bond donors (Lipinski definition) is 0. The third-order valence-corrected chi connectivity index (χ3v) is 9.92. The highest BCUT2D eigenvalue weighted by Gasteiger charge is 2.62. The van der Waals surface area contributed by atoms with E-state index in [0.717, 1.165) is 44.6 Å². The van der Waals surface area contributed by atoms with Crippen LogP contribution < -0.4 is 4.74 Å². The first-order chi connectivity index (χ1) is 16.7. The Balaban J connectivity index is 0.00000229. The highest BCUT2D eigenvalue weighted by molar-refractivity contribution is 6.06. The molecule has 3 fully saturated rings. The number of ether oxygens (including phenoxy) is 1. The van der Waals surface area contributed by atoms with E-state index in [4.69, 9.17) is 4.74 Å². The number of allylic oxidation sites excluding steroid dienone is 4. The molecule has 0 spiro atoms. The van der Waals surface area contributed by atoms with Crippen LogP contribution in [0, 0.1) is 41.4 Å². The fourth-order valence-corrected chi connectivity index (χ4v) is 8.29. The van der Waals surface area contributed by atoms with E-state index in [1.807, 2.05) is 0 Å². The molecule has 5 nitrogen and oxygen atoms in total. The number of amides is 2. The fraction of sp³-hybridized carbons (Fsp3) is 0.586. The Morgan fingerprint density at radius 3 is 2.20 bits per heavy atom. The highest BCUT2D eigenvalue weighted by atomic mass is 35.5. The maximum atomic E-state index is 13.2. The number of aryl methyl sites for hydroxylation is 1. The Morgan fingerprint density at radius 2 is 1.54 bits per heavy atom. The fourth-order valence-electron chi connectivity index (χ4n) is 8.29. The molecule has 2 aliphatic heterocycles. The Labute approximate surface area is 214 Å². The normalized spacial score (nSPS) is 37.9. The first-order valence-corrected chi connectivity index (χ1v) is 13.3. The van der Waals surface area contributed by atoms with Crippen molar-refractivity contribution in [2.75, 3.05) is 33.3 Å². The van der Waals surface area contributed by atoms with E-state index in [2.05, 4.69) is 47.4 Å². The van der Waals surface area contributed by atoms with Crippen LogP contribution in [-0.4, -0.2) is 54.9 Å². The van der Waals surface area contributed by atoms with Gasteiger partial charge in [-0.05, 0) is 73.4 Å². The van der Waals surface area contributed by atoms with E-state index < -0.39 is 0 Å². The molecule has 0 aromatic heterocycles. The molecule has 1 saturated carbocycles. The molecule has 6 heteroatoms. The van der Waals surface area contributed by atoms with Crippen molar-refractivity contribution in [2.45, 2.75) is 31.6 Å². The van der Waals surface area contributed by atoms with Gasteiger partial charge in [0.1, 0.15) is 5.75 Å². The number of benzene rings is 1. The number of halogens is 1. The van der Waals surface area contributed by atoms with Crippen LogP contribution in [0.3, 0.4) is 0 Å². The van der Waals surface area contributed by atoms with Crippen molar-refractivity contribution >= 4 is 24.2 Å². The summed E-state index contributed by atoms with van der Waals surface area (Å²) < 4.78 is 5.71. The molecular weight excluding hydrogens is 460 g/mol. The van der Waals surface area contributed by atoms with Gasteiger partial charge in [-0.1, -0.05) is 36.4 Å². The van der Waals surface area contributed by atoms with Gasteiger partial charge in [0.05, 0.1) is 18.9 Å². The predicted octanol–water partition coefficient (Wildman–Crippen LogP) is 4.08. The molecule has 4 unspecified atom stereocenters. The minimum absolute atomic E-state index is 0. The van der Waals surface area contributed by atoms with Gasteiger partial charge in [-0.25, -0.2) is 0 Å². The zero-order valence-corrected chi connectivity index (χ0v) is 21.2. The SMILES string of the molecule is COc1cccc2c1[C@@H]1CN(CCCCN3C(=O)C4C(C3=O)[C@H]3C=C[C@@H]4C4C=CC43)C[C@H]1CC2.Cl. The van der Waals surface area contributed by atoms with Gasteiger partial charge in [-0.2, -0.15) is 0 Å². The quantitative estimate of drug-likeness (QED) is 0.340. The second kappa shape index (κ2) is 8.77. The topological polar surface area (TPSA) is 49.9 Å². The van der Waals surface area contributed by atoms with Crippen LogP contribution in [-0.2, 0) is 16.0 Å². The molecule has 1 aromatic carbocycles. The Hall–Kier alpha value is -2.11. The number of fused-ring (bicyclic) bond motifs is 3. The summed E-state index contributed by atoms with van der Waals surface area (Å²) in [6, 6.07) is 6.49. The standard InChI is InChI=1S/C29H34N2O3.ClH/c1-34-24-6-4-5-17-7-8-18-15-30(16-23(18)25(17)24)13-2-3-14-31-28(32)26-21-11-12-22(27(26)29(31)33)20-10-9-19(20)21;/h4-6,9-12,18-23,26-27H,2-3,7-8,13-16H2,1H3;1H/t18-,19?,20?,21-,22+,23-,26?,27?;/m1./s1. The van der Waals surface area contributed by atoms with Gasteiger partial charge >= 0.3 is 0 Å². The van der Waals surface area contributed by atoms with E-state index in [-0.39, 0.29) is 47.9 Å². The van der Waals surface area contributed by atoms with Crippen LogP contribution in [0.5, 0.6) is 5.75 Å². The van der Waals surface area contributed by atoms with Crippen LogP contribution in [0.2, 0.25) is 0 Å². The van der Waals surface area contributed by atoms with Gasteiger partial charge in [-0.15, -0.1) is 12.4 Å². The summed E-state index contributed by atoms with van der Waals surface area (Å²) >= 11 is 0. The smallest absolute Gasteiger partial charge is 0.233 e. The number of hydrogen-bond acceptors (Lipinski definition) is 4. The molecule has 2 amide bonds. The Bertz CT molecular complexity index is 1050. The minimum Gasteiger partial charge on any atom is -0.496 e. The van der Waals surface area contributed by atoms with Crippen molar-refractivity contribution in [2.24, 2.45) is 41.4 Å². The van der Waals surface area contributed by atoms with Crippen molar-refractivity contribution in [3.63, 3.8) is 0 Å². The van der Waals surface area contributed by atoms with Gasteiger partial charge in [0.25, 0.3) is 0 Å². The largest absolute Gasteiger partial charge is 0.496 e. The van der Waals surface area contributed by atoms with Crippen molar-refractivity contribution in [3.8, 4) is 5.75 Å². The Kier molecular flexibility index (Phi) is 5.84. The lowest BCUT2D eigenvalue weighted by Gasteiger charge is -2.51. The Morgan fingerprint density at radius 1 is 0.886 bits per heavy atom. The third kappa shape index (κ3) is 3.37. The summed E-state index contributed by atoms with van der Waals surface area (Å²) in [6.07, 6.45) is 13.3. The number of unbranched alkanes of at least 4 members (excludes halogenated alkanes) is 1. The predicted molar refractivity (Wildman–Crippen MR) is 136 cm³/mol. The molecule has 7 aliphatic rings. The number of carbonyl (C=O) groups is 2. The summed E-state index contributed by atoms with van der Waals surface area (Å²) in [6.45, 7) is 3.87. The summed E-state index contributed by atoms with van der Waals surface area (Å²) in [5.41, 5.74) is 2.90. The van der Waals surface area contributed by atoms with E-state index >= 15 is 0 Å². The molecular formula is C29H35ClN2O3. The first kappa shape index (κ1) is 23.3. The van der Waals surface area contributed by atoms with E-state index in [0.29, 0.717) is 30.2 Å².